The molecule has 0 unspecified atom stereocenters. The molecule has 0 bridgehead atoms. The van der Waals surface area contributed by atoms with Crippen molar-refractivity contribution in [3.63, 3.8) is 0 Å². The van der Waals surface area contributed by atoms with Crippen LogP contribution < -0.4 is 15.0 Å². The average Bonchev–Trinajstić information content (AvgIpc) is 3.51. The molecule has 0 spiro atoms. The van der Waals surface area contributed by atoms with Crippen LogP contribution in [0, 0.1) is 0 Å². The van der Waals surface area contributed by atoms with Crippen molar-refractivity contribution in [2.24, 2.45) is 4.99 Å². The fourth-order valence-corrected chi connectivity index (χ4v) is 4.51. The Bertz CT molecular complexity index is 1400. The van der Waals surface area contributed by atoms with Crippen LogP contribution >= 0.6 is 22.7 Å². The van der Waals surface area contributed by atoms with E-state index in [9.17, 15) is 0 Å². The summed E-state index contributed by atoms with van der Waals surface area (Å²) in [7, 11) is 3.28. The number of benzene rings is 2. The van der Waals surface area contributed by atoms with Crippen molar-refractivity contribution < 1.29 is 13.9 Å². The van der Waals surface area contributed by atoms with Gasteiger partial charge in [-0.3, -0.25) is 0 Å². The highest BCUT2D eigenvalue weighted by Crippen LogP contribution is 2.32. The third kappa shape index (κ3) is 3.83. The first-order chi connectivity index (χ1) is 15.2. The number of rotatable bonds is 5. The first kappa shape index (κ1) is 19.5. The summed E-state index contributed by atoms with van der Waals surface area (Å²) in [4.78, 5) is 13.8. The lowest BCUT2D eigenvalue weighted by molar-refractivity contribution is 0.406. The molecule has 5 aromatic rings. The van der Waals surface area contributed by atoms with Gasteiger partial charge >= 0.3 is 0 Å². The number of hydrogen-bond donors (Lipinski definition) is 0. The third-order valence-electron chi connectivity index (χ3n) is 4.70. The predicted octanol–water partition coefficient (Wildman–Crippen LogP) is 5.93. The Morgan fingerprint density at radius 1 is 1.00 bits per heavy atom. The molecule has 8 heteroatoms. The van der Waals surface area contributed by atoms with Crippen molar-refractivity contribution in [3.8, 4) is 33.3 Å². The van der Waals surface area contributed by atoms with E-state index in [0.29, 0.717) is 22.0 Å². The highest BCUT2D eigenvalue weighted by molar-refractivity contribution is 7.13. The molecule has 0 aliphatic rings. The number of nitrogens with zero attached hydrogens (tertiary/aromatic N) is 3. The minimum atomic E-state index is 0.447. The van der Waals surface area contributed by atoms with Crippen LogP contribution in [-0.4, -0.2) is 24.2 Å². The fourth-order valence-electron chi connectivity index (χ4n) is 3.17. The summed E-state index contributed by atoms with van der Waals surface area (Å²) in [5.74, 6) is 1.46. The molecular formula is C23H17N3O3S2. The Morgan fingerprint density at radius 3 is 2.61 bits per heavy atom. The van der Waals surface area contributed by atoms with E-state index >= 15 is 0 Å². The summed E-state index contributed by atoms with van der Waals surface area (Å²) in [5.41, 5.74) is 3.79. The highest BCUT2D eigenvalue weighted by atomic mass is 32.1. The average molecular weight is 448 g/mol. The van der Waals surface area contributed by atoms with Crippen molar-refractivity contribution in [2.45, 2.75) is 0 Å². The third-order valence-corrected chi connectivity index (χ3v) is 6.24. The molecule has 0 saturated heterocycles. The number of thiazole rings is 2. The summed E-state index contributed by atoms with van der Waals surface area (Å²) in [6, 6.07) is 15.7. The first-order valence-electron chi connectivity index (χ1n) is 9.40. The van der Waals surface area contributed by atoms with E-state index < -0.39 is 0 Å². The topological polar surface area (TPSA) is 69.7 Å². The lowest BCUT2D eigenvalue weighted by Gasteiger charge is -2.06. The van der Waals surface area contributed by atoms with Gasteiger partial charge in [0.05, 0.1) is 25.5 Å². The molecule has 0 saturated carbocycles. The molecule has 154 valence electrons. The van der Waals surface area contributed by atoms with Gasteiger partial charge in [-0.05, 0) is 36.4 Å². The SMILES string of the molecule is COc1ccc(-c2csc(-c3cc4cccc(OC)c4o/c3=N\c3nccs3)n2)cc1. The maximum atomic E-state index is 6.21. The molecule has 0 N–H and O–H groups in total. The largest absolute Gasteiger partial charge is 0.497 e. The van der Waals surface area contributed by atoms with Gasteiger partial charge in [-0.25, -0.2) is 9.97 Å². The van der Waals surface area contributed by atoms with Gasteiger partial charge in [-0.2, -0.15) is 4.99 Å². The highest BCUT2D eigenvalue weighted by Gasteiger charge is 2.14. The van der Waals surface area contributed by atoms with E-state index in [1.54, 1.807) is 31.8 Å². The number of fused-ring (bicyclic) bond motifs is 1. The molecule has 0 fully saturated rings. The Balaban J connectivity index is 1.67. The van der Waals surface area contributed by atoms with Crippen LogP contribution in [0.5, 0.6) is 11.5 Å². The van der Waals surface area contributed by atoms with Crippen LogP contribution in [-0.2, 0) is 0 Å². The van der Waals surface area contributed by atoms with Gasteiger partial charge in [-0.15, -0.1) is 22.7 Å². The molecule has 0 atom stereocenters. The van der Waals surface area contributed by atoms with Gasteiger partial charge in [0.15, 0.2) is 11.3 Å². The quantitative estimate of drug-likeness (QED) is 0.334. The van der Waals surface area contributed by atoms with Crippen LogP contribution in [0.3, 0.4) is 0 Å². The smallest absolute Gasteiger partial charge is 0.232 e. The predicted molar refractivity (Wildman–Crippen MR) is 123 cm³/mol. The lowest BCUT2D eigenvalue weighted by Crippen LogP contribution is -2.05. The van der Waals surface area contributed by atoms with E-state index in [4.69, 9.17) is 18.9 Å². The van der Waals surface area contributed by atoms with Crippen molar-refractivity contribution >= 4 is 38.8 Å². The number of aromatic nitrogens is 2. The molecule has 0 aliphatic carbocycles. The molecule has 2 aromatic carbocycles. The fraction of sp³-hybridized carbons (Fsp3) is 0.0870. The molecule has 5 rings (SSSR count). The van der Waals surface area contributed by atoms with Crippen LogP contribution in [0.25, 0.3) is 32.8 Å². The number of methoxy groups -OCH3 is 2. The summed E-state index contributed by atoms with van der Waals surface area (Å²) in [6.07, 6.45) is 1.72. The van der Waals surface area contributed by atoms with Crippen LogP contribution in [0.15, 0.2) is 74.9 Å². The zero-order chi connectivity index (χ0) is 21.2. The van der Waals surface area contributed by atoms with Crippen LogP contribution in [0.2, 0.25) is 0 Å². The number of hydrogen-bond acceptors (Lipinski definition) is 8. The van der Waals surface area contributed by atoms with Crippen molar-refractivity contribution in [1.29, 1.82) is 0 Å². The Hall–Kier alpha value is -3.49. The van der Waals surface area contributed by atoms with Crippen molar-refractivity contribution in [2.75, 3.05) is 14.2 Å². The second-order valence-corrected chi connectivity index (χ2v) is 8.27. The number of ether oxygens (including phenoxy) is 2. The van der Waals surface area contributed by atoms with Gasteiger partial charge < -0.3 is 13.9 Å². The standard InChI is InChI=1S/C23H17N3O3S2/c1-27-16-8-6-14(7-9-16)18-13-31-22(25-18)17-12-15-4-3-5-19(28-2)20(15)29-21(17)26-23-24-10-11-30-23/h3-13H,1-2H3/b26-21-. The molecule has 0 aliphatic heterocycles. The second-order valence-electron chi connectivity index (χ2n) is 6.54. The Labute approximate surface area is 186 Å². The van der Waals surface area contributed by atoms with Crippen LogP contribution in [0.1, 0.15) is 0 Å². The summed E-state index contributed by atoms with van der Waals surface area (Å²) < 4.78 is 16.9. The monoisotopic (exact) mass is 447 g/mol. The van der Waals surface area contributed by atoms with Gasteiger partial charge in [0.1, 0.15) is 10.8 Å². The molecule has 0 radical (unpaired) electrons. The first-order valence-corrected chi connectivity index (χ1v) is 11.2. The Kier molecular flexibility index (Phi) is 5.23. The maximum absolute atomic E-state index is 6.21. The minimum absolute atomic E-state index is 0.447. The summed E-state index contributed by atoms with van der Waals surface area (Å²) >= 11 is 2.99. The van der Waals surface area contributed by atoms with E-state index in [-0.39, 0.29) is 0 Å². The van der Waals surface area contributed by atoms with E-state index in [0.717, 1.165) is 33.0 Å². The van der Waals surface area contributed by atoms with Gasteiger partial charge in [0, 0.05) is 27.9 Å². The van der Waals surface area contributed by atoms with Gasteiger partial charge in [-0.1, -0.05) is 12.1 Å². The summed E-state index contributed by atoms with van der Waals surface area (Å²) in [6.45, 7) is 0. The molecule has 6 nitrogen and oxygen atoms in total. The zero-order valence-corrected chi connectivity index (χ0v) is 18.4. The van der Waals surface area contributed by atoms with Gasteiger partial charge in [0.25, 0.3) is 0 Å². The van der Waals surface area contributed by atoms with Crippen molar-refractivity contribution in [3.05, 3.63) is 71.0 Å². The Morgan fingerprint density at radius 2 is 1.87 bits per heavy atom. The molecule has 0 amide bonds. The van der Waals surface area contributed by atoms with E-state index in [1.807, 2.05) is 59.3 Å². The van der Waals surface area contributed by atoms with Crippen LogP contribution in [0.4, 0.5) is 5.13 Å². The van der Waals surface area contributed by atoms with E-state index in [1.165, 1.54) is 11.3 Å². The molecule has 3 heterocycles. The molecule has 3 aromatic heterocycles. The summed E-state index contributed by atoms with van der Waals surface area (Å²) in [5, 5.41) is 6.25. The van der Waals surface area contributed by atoms with E-state index in [2.05, 4.69) is 9.98 Å². The van der Waals surface area contributed by atoms with Crippen molar-refractivity contribution in [1.82, 2.24) is 9.97 Å². The molecular weight excluding hydrogens is 430 g/mol. The van der Waals surface area contributed by atoms with Gasteiger partial charge in [0.2, 0.25) is 10.7 Å². The normalized spacial score (nSPS) is 11.7. The zero-order valence-electron chi connectivity index (χ0n) is 16.7. The number of para-hydroxylation sites is 1. The maximum Gasteiger partial charge on any atom is 0.232 e. The lowest BCUT2D eigenvalue weighted by atomic mass is 10.1. The minimum Gasteiger partial charge on any atom is -0.497 e. The second kappa shape index (κ2) is 8.33. The molecule has 31 heavy (non-hydrogen) atoms.